The van der Waals surface area contributed by atoms with Gasteiger partial charge < -0.3 is 9.73 Å². The first-order valence-electron chi connectivity index (χ1n) is 5.99. The van der Waals surface area contributed by atoms with Crippen LogP contribution in [0.5, 0.6) is 0 Å². The second-order valence-corrected chi connectivity index (χ2v) is 6.42. The Kier molecular flexibility index (Phi) is 5.30. The second-order valence-electron chi connectivity index (χ2n) is 4.23. The highest BCUT2D eigenvalue weighted by atomic mass is 32.2. The van der Waals surface area contributed by atoms with Gasteiger partial charge in [0, 0.05) is 6.54 Å². The molecule has 0 saturated heterocycles. The summed E-state index contributed by atoms with van der Waals surface area (Å²) in [6, 6.07) is 0. The van der Waals surface area contributed by atoms with Crippen LogP contribution in [0.1, 0.15) is 31.2 Å². The topological polar surface area (TPSA) is 84.2 Å². The fourth-order valence-electron chi connectivity index (χ4n) is 1.38. The van der Waals surface area contributed by atoms with Crippen LogP contribution in [0.25, 0.3) is 0 Å². The lowest BCUT2D eigenvalue weighted by molar-refractivity contribution is 0.461. The number of rotatable bonds is 7. The predicted octanol–water partition coefficient (Wildman–Crippen LogP) is 0.709. The van der Waals surface area contributed by atoms with E-state index in [1.807, 2.05) is 13.8 Å². The van der Waals surface area contributed by atoms with Crippen LogP contribution >= 0.6 is 0 Å². The Hall–Kier alpha value is -0.920. The number of nitrogens with one attached hydrogen (secondary N) is 2. The van der Waals surface area contributed by atoms with Gasteiger partial charge in [-0.05, 0) is 27.3 Å². The third-order valence-electron chi connectivity index (χ3n) is 2.71. The molecule has 1 aromatic heterocycles. The van der Waals surface area contributed by atoms with Gasteiger partial charge in [0.2, 0.25) is 15.9 Å². The van der Waals surface area contributed by atoms with Crippen LogP contribution in [0.3, 0.4) is 0 Å². The molecule has 0 radical (unpaired) electrons. The van der Waals surface area contributed by atoms with E-state index in [2.05, 4.69) is 15.0 Å². The molecule has 18 heavy (non-hydrogen) atoms. The molecule has 0 fully saturated rings. The Balaban J connectivity index is 2.56. The largest absolute Gasteiger partial charge is 0.444 e. The summed E-state index contributed by atoms with van der Waals surface area (Å²) in [5.41, 5.74) is 0.782. The quantitative estimate of drug-likeness (QED) is 0.765. The lowest BCUT2D eigenvalue weighted by Gasteiger charge is -2.13. The van der Waals surface area contributed by atoms with E-state index in [0.29, 0.717) is 18.2 Å². The van der Waals surface area contributed by atoms with Crippen molar-refractivity contribution < 1.29 is 12.8 Å². The average molecular weight is 275 g/mol. The lowest BCUT2D eigenvalue weighted by atomic mass is 10.4. The van der Waals surface area contributed by atoms with E-state index in [9.17, 15) is 8.42 Å². The van der Waals surface area contributed by atoms with Crippen LogP contribution in [0, 0.1) is 13.8 Å². The molecule has 7 heteroatoms. The van der Waals surface area contributed by atoms with Gasteiger partial charge in [0.05, 0.1) is 17.5 Å². The Morgan fingerprint density at radius 3 is 2.56 bits per heavy atom. The standard InChI is InChI=1S/C11H21N3O3S/c1-5-12-6-8(2)18(15,16)13-7-11-14-9(3)10(4)17-11/h8,12-13H,5-7H2,1-4H3. The van der Waals surface area contributed by atoms with Crippen LogP contribution in [0.4, 0.5) is 0 Å². The lowest BCUT2D eigenvalue weighted by Crippen LogP contribution is -2.38. The third-order valence-corrected chi connectivity index (χ3v) is 4.48. The van der Waals surface area contributed by atoms with E-state index >= 15 is 0 Å². The molecule has 6 nitrogen and oxygen atoms in total. The summed E-state index contributed by atoms with van der Waals surface area (Å²) in [5, 5.41) is 2.52. The number of hydrogen-bond acceptors (Lipinski definition) is 5. The minimum absolute atomic E-state index is 0.0908. The number of oxazole rings is 1. The summed E-state index contributed by atoms with van der Waals surface area (Å²) in [6.07, 6.45) is 0. The predicted molar refractivity (Wildman–Crippen MR) is 69.7 cm³/mol. The fraction of sp³-hybridized carbons (Fsp3) is 0.727. The van der Waals surface area contributed by atoms with E-state index in [1.54, 1.807) is 13.8 Å². The highest BCUT2D eigenvalue weighted by Crippen LogP contribution is 2.08. The van der Waals surface area contributed by atoms with Crippen molar-refractivity contribution in [2.45, 2.75) is 39.5 Å². The molecule has 0 saturated carbocycles. The van der Waals surface area contributed by atoms with Gasteiger partial charge in [-0.3, -0.25) is 0 Å². The molecular weight excluding hydrogens is 254 g/mol. The first kappa shape index (κ1) is 15.1. The van der Waals surface area contributed by atoms with Crippen molar-refractivity contribution in [2.24, 2.45) is 0 Å². The van der Waals surface area contributed by atoms with Crippen molar-refractivity contribution >= 4 is 10.0 Å². The minimum atomic E-state index is -3.35. The molecule has 0 aliphatic rings. The van der Waals surface area contributed by atoms with E-state index in [4.69, 9.17) is 4.42 Å². The van der Waals surface area contributed by atoms with Gasteiger partial charge in [0.25, 0.3) is 0 Å². The molecule has 1 heterocycles. The van der Waals surface area contributed by atoms with Gasteiger partial charge in [0.15, 0.2) is 0 Å². The summed E-state index contributed by atoms with van der Waals surface area (Å²) in [4.78, 5) is 4.13. The Morgan fingerprint density at radius 1 is 1.39 bits per heavy atom. The number of hydrogen-bond donors (Lipinski definition) is 2. The SMILES string of the molecule is CCNCC(C)S(=O)(=O)NCc1nc(C)c(C)o1. The van der Waals surface area contributed by atoms with Gasteiger partial charge in [-0.2, -0.15) is 0 Å². The van der Waals surface area contributed by atoms with E-state index < -0.39 is 15.3 Å². The second kappa shape index (κ2) is 6.31. The third kappa shape index (κ3) is 4.08. The molecule has 2 N–H and O–H groups in total. The van der Waals surface area contributed by atoms with Gasteiger partial charge in [-0.1, -0.05) is 6.92 Å². The molecule has 0 aliphatic carbocycles. The highest BCUT2D eigenvalue weighted by Gasteiger charge is 2.20. The van der Waals surface area contributed by atoms with Crippen LogP contribution in [0.2, 0.25) is 0 Å². The van der Waals surface area contributed by atoms with Crippen LogP contribution in [-0.2, 0) is 16.6 Å². The van der Waals surface area contributed by atoms with Crippen molar-refractivity contribution in [1.82, 2.24) is 15.0 Å². The first-order chi connectivity index (χ1) is 8.36. The molecule has 1 unspecified atom stereocenters. The molecule has 0 aromatic carbocycles. The number of sulfonamides is 1. The molecule has 1 rings (SSSR count). The van der Waals surface area contributed by atoms with Crippen molar-refractivity contribution in [3.63, 3.8) is 0 Å². The van der Waals surface area contributed by atoms with Crippen molar-refractivity contribution in [1.29, 1.82) is 0 Å². The fourth-order valence-corrected chi connectivity index (χ4v) is 2.32. The van der Waals surface area contributed by atoms with E-state index in [-0.39, 0.29) is 6.54 Å². The van der Waals surface area contributed by atoms with Gasteiger partial charge in [-0.25, -0.2) is 18.1 Å². The minimum Gasteiger partial charge on any atom is -0.444 e. The number of nitrogens with zero attached hydrogens (tertiary/aromatic N) is 1. The maximum Gasteiger partial charge on any atom is 0.215 e. The summed E-state index contributed by atoms with van der Waals surface area (Å²) in [6.45, 7) is 8.49. The van der Waals surface area contributed by atoms with E-state index in [0.717, 1.165) is 12.2 Å². The molecule has 0 spiro atoms. The summed E-state index contributed by atoms with van der Waals surface area (Å²) < 4.78 is 31.6. The van der Waals surface area contributed by atoms with Crippen LogP contribution < -0.4 is 10.0 Å². The molecular formula is C11H21N3O3S. The molecule has 0 bridgehead atoms. The number of aromatic nitrogens is 1. The average Bonchev–Trinajstić information content (AvgIpc) is 2.63. The summed E-state index contributed by atoms with van der Waals surface area (Å²) >= 11 is 0. The van der Waals surface area contributed by atoms with Crippen molar-refractivity contribution in [3.05, 3.63) is 17.3 Å². The molecule has 104 valence electrons. The summed E-state index contributed by atoms with van der Waals surface area (Å²) in [7, 11) is -3.35. The zero-order chi connectivity index (χ0) is 13.8. The maximum absolute atomic E-state index is 11.9. The zero-order valence-corrected chi connectivity index (χ0v) is 12.1. The van der Waals surface area contributed by atoms with E-state index in [1.165, 1.54) is 0 Å². The maximum atomic E-state index is 11.9. The molecule has 1 atom stereocenters. The summed E-state index contributed by atoms with van der Waals surface area (Å²) in [5.74, 6) is 1.11. The Labute approximate surface area is 108 Å². The van der Waals surface area contributed by atoms with Crippen molar-refractivity contribution in [2.75, 3.05) is 13.1 Å². The monoisotopic (exact) mass is 275 g/mol. The smallest absolute Gasteiger partial charge is 0.215 e. The van der Waals surface area contributed by atoms with Crippen LogP contribution in [0.15, 0.2) is 4.42 Å². The molecule has 0 amide bonds. The van der Waals surface area contributed by atoms with Gasteiger partial charge >= 0.3 is 0 Å². The van der Waals surface area contributed by atoms with Crippen molar-refractivity contribution in [3.8, 4) is 0 Å². The number of aryl methyl sites for hydroxylation is 2. The zero-order valence-electron chi connectivity index (χ0n) is 11.3. The van der Waals surface area contributed by atoms with Crippen LogP contribution in [-0.4, -0.2) is 31.7 Å². The highest BCUT2D eigenvalue weighted by molar-refractivity contribution is 7.90. The molecule has 0 aliphatic heterocycles. The Bertz CT molecular complexity index is 462. The Morgan fingerprint density at radius 2 is 2.06 bits per heavy atom. The van der Waals surface area contributed by atoms with Gasteiger partial charge in [-0.15, -0.1) is 0 Å². The normalized spacial score (nSPS) is 13.8. The first-order valence-corrected chi connectivity index (χ1v) is 7.53. The molecule has 1 aromatic rings. The van der Waals surface area contributed by atoms with Gasteiger partial charge in [0.1, 0.15) is 5.76 Å².